The molecule has 0 bridgehead atoms. The van der Waals surface area contributed by atoms with Crippen molar-refractivity contribution in [2.24, 2.45) is 5.73 Å². The molecule has 0 fully saturated rings. The highest BCUT2D eigenvalue weighted by molar-refractivity contribution is 5.84. The largest absolute Gasteiger partial charge is 0.367 e. The molecule has 1 aromatic carbocycles. The first-order chi connectivity index (χ1) is 6.63. The number of rotatable bonds is 4. The zero-order valence-electron chi connectivity index (χ0n) is 8.66. The van der Waals surface area contributed by atoms with Crippen LogP contribution in [0.2, 0.25) is 0 Å². The molecule has 76 valence electrons. The third-order valence-corrected chi connectivity index (χ3v) is 2.12. The van der Waals surface area contributed by atoms with Gasteiger partial charge in [0.15, 0.2) is 5.78 Å². The number of nitrogens with two attached hydrogens (primary N) is 1. The van der Waals surface area contributed by atoms with Crippen molar-refractivity contribution in [3.05, 3.63) is 29.8 Å². The summed E-state index contributed by atoms with van der Waals surface area (Å²) < 4.78 is 0. The van der Waals surface area contributed by atoms with Gasteiger partial charge in [0.05, 0.1) is 13.1 Å². The molecule has 0 spiro atoms. The van der Waals surface area contributed by atoms with Crippen LogP contribution in [0.4, 0.5) is 5.69 Å². The van der Waals surface area contributed by atoms with Gasteiger partial charge in [-0.05, 0) is 19.1 Å². The number of aryl methyl sites for hydroxylation is 1. The fraction of sp³-hybridized carbons (Fsp3) is 0.364. The van der Waals surface area contributed by atoms with E-state index in [0.717, 1.165) is 5.69 Å². The van der Waals surface area contributed by atoms with E-state index >= 15 is 0 Å². The average molecular weight is 192 g/mol. The number of carbonyl (C=O) groups excluding carboxylic acids is 1. The van der Waals surface area contributed by atoms with E-state index in [1.54, 1.807) is 0 Å². The van der Waals surface area contributed by atoms with Crippen molar-refractivity contribution in [2.45, 2.75) is 6.92 Å². The number of anilines is 1. The first-order valence-electron chi connectivity index (χ1n) is 4.63. The molecular formula is C11H16N2O. The lowest BCUT2D eigenvalue weighted by molar-refractivity contribution is -0.116. The second-order valence-corrected chi connectivity index (χ2v) is 3.43. The van der Waals surface area contributed by atoms with Gasteiger partial charge < -0.3 is 10.6 Å². The molecular weight excluding hydrogens is 176 g/mol. The Balaban J connectivity index is 2.65. The molecule has 0 aromatic heterocycles. The lowest BCUT2D eigenvalue weighted by atomic mass is 10.2. The van der Waals surface area contributed by atoms with E-state index in [4.69, 9.17) is 5.73 Å². The van der Waals surface area contributed by atoms with Crippen molar-refractivity contribution in [3.8, 4) is 0 Å². The fourth-order valence-corrected chi connectivity index (χ4v) is 1.22. The lowest BCUT2D eigenvalue weighted by Gasteiger charge is -2.17. The number of hydrogen-bond acceptors (Lipinski definition) is 3. The molecule has 1 rings (SSSR count). The molecule has 3 heteroatoms. The Morgan fingerprint density at radius 3 is 2.43 bits per heavy atom. The van der Waals surface area contributed by atoms with Gasteiger partial charge in [-0.15, -0.1) is 0 Å². The molecule has 3 nitrogen and oxygen atoms in total. The zero-order chi connectivity index (χ0) is 10.6. The summed E-state index contributed by atoms with van der Waals surface area (Å²) in [7, 11) is 1.89. The van der Waals surface area contributed by atoms with Gasteiger partial charge in [-0.3, -0.25) is 4.79 Å². The number of carbonyl (C=O) groups is 1. The molecule has 0 saturated carbocycles. The highest BCUT2D eigenvalue weighted by atomic mass is 16.1. The van der Waals surface area contributed by atoms with E-state index in [9.17, 15) is 4.79 Å². The Morgan fingerprint density at radius 2 is 1.93 bits per heavy atom. The smallest absolute Gasteiger partial charge is 0.165 e. The Morgan fingerprint density at radius 1 is 1.36 bits per heavy atom. The van der Waals surface area contributed by atoms with Crippen molar-refractivity contribution in [3.63, 3.8) is 0 Å². The van der Waals surface area contributed by atoms with Crippen molar-refractivity contribution in [2.75, 3.05) is 25.0 Å². The molecule has 0 aliphatic rings. The number of ketones is 1. The molecule has 0 saturated heterocycles. The lowest BCUT2D eigenvalue weighted by Crippen LogP contribution is -2.29. The Kier molecular flexibility index (Phi) is 3.65. The van der Waals surface area contributed by atoms with Crippen molar-refractivity contribution < 1.29 is 4.79 Å². The van der Waals surface area contributed by atoms with Crippen LogP contribution in [0.25, 0.3) is 0 Å². The summed E-state index contributed by atoms with van der Waals surface area (Å²) >= 11 is 0. The normalized spacial score (nSPS) is 9.93. The summed E-state index contributed by atoms with van der Waals surface area (Å²) in [4.78, 5) is 13.0. The van der Waals surface area contributed by atoms with Gasteiger partial charge in [0.25, 0.3) is 0 Å². The second kappa shape index (κ2) is 4.77. The third-order valence-electron chi connectivity index (χ3n) is 2.12. The van der Waals surface area contributed by atoms with Gasteiger partial charge in [0, 0.05) is 12.7 Å². The summed E-state index contributed by atoms with van der Waals surface area (Å²) in [6.45, 7) is 2.52. The van der Waals surface area contributed by atoms with E-state index in [-0.39, 0.29) is 12.3 Å². The van der Waals surface area contributed by atoms with Crippen LogP contribution in [-0.2, 0) is 4.79 Å². The quantitative estimate of drug-likeness (QED) is 0.773. The average Bonchev–Trinajstić information content (AvgIpc) is 2.18. The highest BCUT2D eigenvalue weighted by Gasteiger charge is 2.04. The molecule has 0 aliphatic carbocycles. The summed E-state index contributed by atoms with van der Waals surface area (Å²) in [5.74, 6) is 0.0491. The van der Waals surface area contributed by atoms with Crippen LogP contribution in [-0.4, -0.2) is 25.9 Å². The topological polar surface area (TPSA) is 46.3 Å². The van der Waals surface area contributed by atoms with Gasteiger partial charge in [-0.25, -0.2) is 0 Å². The standard InChI is InChI=1S/C11H16N2O/c1-9-3-5-10(6-4-9)13(2)8-11(14)7-12/h3-6H,7-8,12H2,1-2H3. The zero-order valence-corrected chi connectivity index (χ0v) is 8.66. The van der Waals surface area contributed by atoms with E-state index in [1.165, 1.54) is 5.56 Å². The van der Waals surface area contributed by atoms with Crippen LogP contribution in [0.1, 0.15) is 5.56 Å². The molecule has 1 aromatic rings. The van der Waals surface area contributed by atoms with Crippen molar-refractivity contribution in [1.82, 2.24) is 0 Å². The Labute approximate surface area is 84.5 Å². The van der Waals surface area contributed by atoms with Crippen LogP contribution in [0.3, 0.4) is 0 Å². The van der Waals surface area contributed by atoms with E-state index in [0.29, 0.717) is 6.54 Å². The van der Waals surface area contributed by atoms with Crippen LogP contribution >= 0.6 is 0 Å². The van der Waals surface area contributed by atoms with Gasteiger partial charge in [-0.1, -0.05) is 17.7 Å². The molecule has 0 unspecified atom stereocenters. The van der Waals surface area contributed by atoms with E-state index < -0.39 is 0 Å². The summed E-state index contributed by atoms with van der Waals surface area (Å²) in [5, 5.41) is 0. The minimum atomic E-state index is 0.0491. The number of nitrogens with zero attached hydrogens (tertiary/aromatic N) is 1. The minimum Gasteiger partial charge on any atom is -0.367 e. The maximum absolute atomic E-state index is 11.1. The predicted octanol–water partition coefficient (Wildman–Crippen LogP) is 0.959. The van der Waals surface area contributed by atoms with Gasteiger partial charge in [-0.2, -0.15) is 0 Å². The van der Waals surface area contributed by atoms with Crippen LogP contribution in [0.5, 0.6) is 0 Å². The van der Waals surface area contributed by atoms with E-state index in [2.05, 4.69) is 0 Å². The van der Waals surface area contributed by atoms with Gasteiger partial charge >= 0.3 is 0 Å². The van der Waals surface area contributed by atoms with Crippen LogP contribution < -0.4 is 10.6 Å². The first-order valence-corrected chi connectivity index (χ1v) is 4.63. The molecule has 0 radical (unpaired) electrons. The first kappa shape index (κ1) is 10.7. The second-order valence-electron chi connectivity index (χ2n) is 3.43. The van der Waals surface area contributed by atoms with Crippen molar-refractivity contribution >= 4 is 11.5 Å². The monoisotopic (exact) mass is 192 g/mol. The number of hydrogen-bond donors (Lipinski definition) is 1. The molecule has 0 amide bonds. The molecule has 2 N–H and O–H groups in total. The predicted molar refractivity (Wildman–Crippen MR) is 58.5 cm³/mol. The highest BCUT2D eigenvalue weighted by Crippen LogP contribution is 2.12. The number of Topliss-reactive ketones (excluding diaryl/α,β-unsaturated/α-hetero) is 1. The number of benzene rings is 1. The molecule has 0 atom stereocenters. The summed E-state index contributed by atoms with van der Waals surface area (Å²) in [6.07, 6.45) is 0. The van der Waals surface area contributed by atoms with Gasteiger partial charge in [0.1, 0.15) is 0 Å². The minimum absolute atomic E-state index is 0.0491. The molecule has 14 heavy (non-hydrogen) atoms. The Bertz CT molecular complexity index is 306. The fourth-order valence-electron chi connectivity index (χ4n) is 1.22. The van der Waals surface area contributed by atoms with Crippen LogP contribution in [0, 0.1) is 6.92 Å². The maximum Gasteiger partial charge on any atom is 0.165 e. The Hall–Kier alpha value is -1.35. The van der Waals surface area contributed by atoms with Crippen molar-refractivity contribution in [1.29, 1.82) is 0 Å². The molecule has 0 heterocycles. The van der Waals surface area contributed by atoms with Crippen LogP contribution in [0.15, 0.2) is 24.3 Å². The summed E-state index contributed by atoms with van der Waals surface area (Å²) in [5.41, 5.74) is 7.50. The summed E-state index contributed by atoms with van der Waals surface area (Å²) in [6, 6.07) is 8.05. The number of likely N-dealkylation sites (N-methyl/N-ethyl adjacent to an activating group) is 1. The molecule has 0 aliphatic heterocycles. The SMILES string of the molecule is Cc1ccc(N(C)CC(=O)CN)cc1. The van der Waals surface area contributed by atoms with E-state index in [1.807, 2.05) is 43.1 Å². The maximum atomic E-state index is 11.1. The van der Waals surface area contributed by atoms with Gasteiger partial charge in [0.2, 0.25) is 0 Å². The third kappa shape index (κ3) is 2.85.